The van der Waals surface area contributed by atoms with Crippen LogP contribution < -0.4 is 5.32 Å². The molecular weight excluding hydrogens is 330 g/mol. The molecule has 3 aliphatic rings. The Morgan fingerprint density at radius 1 is 1.27 bits per heavy atom. The lowest BCUT2D eigenvalue weighted by atomic mass is 10.0. The molecule has 0 aromatic carbocycles. The zero-order valence-electron chi connectivity index (χ0n) is 15.2. The van der Waals surface area contributed by atoms with E-state index < -0.39 is 0 Å². The number of aromatic nitrogens is 3. The van der Waals surface area contributed by atoms with E-state index in [0.29, 0.717) is 32.2 Å². The third-order valence-electron chi connectivity index (χ3n) is 5.76. The maximum absolute atomic E-state index is 13.4. The van der Waals surface area contributed by atoms with Gasteiger partial charge in [0, 0.05) is 31.7 Å². The summed E-state index contributed by atoms with van der Waals surface area (Å²) in [7, 11) is 1.94. The summed E-state index contributed by atoms with van der Waals surface area (Å²) in [4.78, 5) is 20.2. The highest BCUT2D eigenvalue weighted by Crippen LogP contribution is 2.41. The summed E-state index contributed by atoms with van der Waals surface area (Å²) in [5.74, 6) is 0.591. The van der Waals surface area contributed by atoms with Gasteiger partial charge in [-0.3, -0.25) is 9.48 Å². The molecule has 1 aliphatic carbocycles. The first kappa shape index (κ1) is 16.2. The molecule has 1 amide bonds. The molecule has 4 heterocycles. The number of ether oxygens (including phenoxy) is 1. The summed E-state index contributed by atoms with van der Waals surface area (Å²) >= 11 is 0. The van der Waals surface area contributed by atoms with Crippen molar-refractivity contribution in [2.24, 2.45) is 7.05 Å². The van der Waals surface area contributed by atoms with Crippen LogP contribution in [-0.2, 0) is 11.8 Å². The van der Waals surface area contributed by atoms with Crippen molar-refractivity contribution in [3.8, 4) is 0 Å². The summed E-state index contributed by atoms with van der Waals surface area (Å²) in [6.45, 7) is 3.53. The average Bonchev–Trinajstić information content (AvgIpc) is 3.28. The van der Waals surface area contributed by atoms with Gasteiger partial charge in [-0.05, 0) is 38.3 Å². The lowest BCUT2D eigenvalue weighted by Crippen LogP contribution is -2.40. The van der Waals surface area contributed by atoms with Crippen LogP contribution in [0.2, 0.25) is 0 Å². The molecule has 1 atom stereocenters. The molecule has 2 aromatic rings. The number of nitrogens with one attached hydrogen (secondary N) is 1. The van der Waals surface area contributed by atoms with Gasteiger partial charge in [-0.1, -0.05) is 0 Å². The molecule has 2 aliphatic heterocycles. The van der Waals surface area contributed by atoms with Gasteiger partial charge in [-0.2, -0.15) is 5.10 Å². The molecule has 0 bridgehead atoms. The van der Waals surface area contributed by atoms with Crippen molar-refractivity contribution in [3.63, 3.8) is 0 Å². The Hall–Kier alpha value is -1.99. The third-order valence-corrected chi connectivity index (χ3v) is 5.76. The summed E-state index contributed by atoms with van der Waals surface area (Å²) in [5.41, 5.74) is 3.64. The van der Waals surface area contributed by atoms with Crippen molar-refractivity contribution in [2.75, 3.05) is 32.8 Å². The van der Waals surface area contributed by atoms with E-state index >= 15 is 0 Å². The Morgan fingerprint density at radius 3 is 2.77 bits per heavy atom. The van der Waals surface area contributed by atoms with E-state index in [1.165, 1.54) is 12.8 Å². The summed E-state index contributed by atoms with van der Waals surface area (Å²) in [5, 5.41) is 9.24. The highest BCUT2D eigenvalue weighted by atomic mass is 16.5. The molecule has 26 heavy (non-hydrogen) atoms. The quantitative estimate of drug-likeness (QED) is 0.908. The smallest absolute Gasteiger partial charge is 0.254 e. The summed E-state index contributed by atoms with van der Waals surface area (Å²) in [6, 6.07) is 2.25. The summed E-state index contributed by atoms with van der Waals surface area (Å²) in [6.07, 6.45) is 4.53. The number of hydrogen-bond acceptors (Lipinski definition) is 5. The van der Waals surface area contributed by atoms with Crippen LogP contribution >= 0.6 is 0 Å². The van der Waals surface area contributed by atoms with E-state index in [1.54, 1.807) is 0 Å². The molecule has 1 saturated carbocycles. The lowest BCUT2D eigenvalue weighted by Gasteiger charge is -2.27. The fraction of sp³-hybridized carbons (Fsp3) is 0.632. The van der Waals surface area contributed by atoms with Crippen LogP contribution in [0.5, 0.6) is 0 Å². The number of hydrogen-bond donors (Lipinski definition) is 1. The zero-order chi connectivity index (χ0) is 17.7. The second-order valence-corrected chi connectivity index (χ2v) is 7.63. The van der Waals surface area contributed by atoms with Gasteiger partial charge in [-0.15, -0.1) is 0 Å². The number of morpholine rings is 1. The largest absolute Gasteiger partial charge is 0.378 e. The molecule has 1 unspecified atom stereocenters. The predicted octanol–water partition coefficient (Wildman–Crippen LogP) is 1.74. The number of carbonyl (C=O) groups is 1. The number of carbonyl (C=O) groups excluding carboxylic acids is 1. The fourth-order valence-corrected chi connectivity index (χ4v) is 4.15. The highest BCUT2D eigenvalue weighted by molar-refractivity contribution is 6.06. The van der Waals surface area contributed by atoms with Crippen molar-refractivity contribution in [1.29, 1.82) is 0 Å². The van der Waals surface area contributed by atoms with Crippen molar-refractivity contribution in [3.05, 3.63) is 23.0 Å². The SMILES string of the molecule is Cn1nc(C2CCCN2)c2c(C(=O)N3CCOCC3)cc(C3CC3)nc21. The van der Waals surface area contributed by atoms with Crippen molar-refractivity contribution < 1.29 is 9.53 Å². The maximum atomic E-state index is 13.4. The van der Waals surface area contributed by atoms with E-state index in [0.717, 1.165) is 47.4 Å². The van der Waals surface area contributed by atoms with Crippen LogP contribution in [0.25, 0.3) is 11.0 Å². The molecule has 7 heteroatoms. The number of aryl methyl sites for hydroxylation is 1. The van der Waals surface area contributed by atoms with Gasteiger partial charge < -0.3 is 15.0 Å². The molecule has 2 saturated heterocycles. The van der Waals surface area contributed by atoms with Crippen LogP contribution in [0.15, 0.2) is 6.07 Å². The second-order valence-electron chi connectivity index (χ2n) is 7.63. The van der Waals surface area contributed by atoms with Gasteiger partial charge in [-0.25, -0.2) is 4.98 Å². The van der Waals surface area contributed by atoms with Crippen molar-refractivity contribution in [1.82, 2.24) is 25.0 Å². The van der Waals surface area contributed by atoms with Crippen LogP contribution in [0, 0.1) is 0 Å². The van der Waals surface area contributed by atoms with Gasteiger partial charge in [0.2, 0.25) is 0 Å². The molecule has 7 nitrogen and oxygen atoms in total. The highest BCUT2D eigenvalue weighted by Gasteiger charge is 2.32. The zero-order valence-corrected chi connectivity index (χ0v) is 15.2. The lowest BCUT2D eigenvalue weighted by molar-refractivity contribution is 0.0304. The van der Waals surface area contributed by atoms with Crippen LogP contribution in [-0.4, -0.2) is 58.4 Å². The standard InChI is InChI=1S/C19H25N5O2/c1-23-18-16(17(22-23)14-3-2-6-20-14)13(11-15(21-18)12-4-5-12)19(25)24-7-9-26-10-8-24/h11-12,14,20H,2-10H2,1H3. The molecule has 1 N–H and O–H groups in total. The van der Waals surface area contributed by atoms with Gasteiger partial charge >= 0.3 is 0 Å². The molecule has 0 radical (unpaired) electrons. The summed E-state index contributed by atoms with van der Waals surface area (Å²) < 4.78 is 7.28. The fourth-order valence-electron chi connectivity index (χ4n) is 4.15. The Labute approximate surface area is 152 Å². The molecule has 2 aromatic heterocycles. The minimum absolute atomic E-state index is 0.0925. The number of pyridine rings is 1. The van der Waals surface area contributed by atoms with E-state index in [2.05, 4.69) is 5.32 Å². The van der Waals surface area contributed by atoms with E-state index in [9.17, 15) is 4.79 Å². The predicted molar refractivity (Wildman–Crippen MR) is 97.2 cm³/mol. The molecule has 5 rings (SSSR count). The first-order valence-corrected chi connectivity index (χ1v) is 9.70. The normalized spacial score (nSPS) is 23.7. The Bertz CT molecular complexity index is 845. The number of rotatable bonds is 3. The van der Waals surface area contributed by atoms with E-state index in [1.807, 2.05) is 22.7 Å². The van der Waals surface area contributed by atoms with Gasteiger partial charge in [0.15, 0.2) is 5.65 Å². The van der Waals surface area contributed by atoms with E-state index in [4.69, 9.17) is 14.8 Å². The van der Waals surface area contributed by atoms with Gasteiger partial charge in [0.25, 0.3) is 5.91 Å². The molecule has 3 fully saturated rings. The monoisotopic (exact) mass is 355 g/mol. The van der Waals surface area contributed by atoms with Crippen molar-refractivity contribution in [2.45, 2.75) is 37.6 Å². The number of fused-ring (bicyclic) bond motifs is 1. The number of nitrogens with zero attached hydrogens (tertiary/aromatic N) is 4. The van der Waals surface area contributed by atoms with Crippen molar-refractivity contribution >= 4 is 16.9 Å². The van der Waals surface area contributed by atoms with Gasteiger partial charge in [0.1, 0.15) is 0 Å². The average molecular weight is 355 g/mol. The Morgan fingerprint density at radius 2 is 2.08 bits per heavy atom. The minimum Gasteiger partial charge on any atom is -0.378 e. The molecule has 138 valence electrons. The van der Waals surface area contributed by atoms with Gasteiger partial charge in [0.05, 0.1) is 35.9 Å². The second kappa shape index (κ2) is 6.32. The first-order chi connectivity index (χ1) is 12.7. The third kappa shape index (κ3) is 2.70. The number of amides is 1. The molecule has 0 spiro atoms. The van der Waals surface area contributed by atoms with Crippen LogP contribution in [0.3, 0.4) is 0 Å². The van der Waals surface area contributed by atoms with Crippen LogP contribution in [0.1, 0.15) is 59.4 Å². The first-order valence-electron chi connectivity index (χ1n) is 9.70. The Kier molecular flexibility index (Phi) is 3.94. The van der Waals surface area contributed by atoms with E-state index in [-0.39, 0.29) is 11.9 Å². The minimum atomic E-state index is 0.0925. The molecular formula is C19H25N5O2. The maximum Gasteiger partial charge on any atom is 0.254 e. The Balaban J connectivity index is 1.66. The van der Waals surface area contributed by atoms with Crippen LogP contribution in [0.4, 0.5) is 0 Å². The topological polar surface area (TPSA) is 72.3 Å².